The molecule has 3 aromatic rings. The zero-order valence-corrected chi connectivity index (χ0v) is 16.6. The molecule has 0 aliphatic rings. The number of fused-ring (bicyclic) bond motifs is 1. The van der Waals surface area contributed by atoms with Gasteiger partial charge in [-0.1, -0.05) is 43.3 Å². The number of hydrogen-bond donors (Lipinski definition) is 1. The Hall–Kier alpha value is -2.86. The van der Waals surface area contributed by atoms with Gasteiger partial charge in [0, 0.05) is 11.9 Å². The van der Waals surface area contributed by atoms with E-state index in [1.54, 1.807) is 7.11 Å². The van der Waals surface area contributed by atoms with Crippen LogP contribution >= 0.6 is 0 Å². The van der Waals surface area contributed by atoms with Gasteiger partial charge in [0.15, 0.2) is 5.58 Å². The summed E-state index contributed by atoms with van der Waals surface area (Å²) in [5, 5.41) is 8.00. The fraction of sp³-hybridized carbons (Fsp3) is 0.364. The van der Waals surface area contributed by atoms with Gasteiger partial charge in [0.25, 0.3) is 0 Å². The van der Waals surface area contributed by atoms with Gasteiger partial charge in [-0.25, -0.2) is 0 Å². The third-order valence-electron chi connectivity index (χ3n) is 5.00. The third-order valence-corrected chi connectivity index (χ3v) is 5.00. The van der Waals surface area contributed by atoms with Crippen LogP contribution in [0.4, 0.5) is 0 Å². The highest BCUT2D eigenvalue weighted by Crippen LogP contribution is 2.24. The molecule has 2 aromatic carbocycles. The van der Waals surface area contributed by atoms with E-state index in [0.29, 0.717) is 17.8 Å². The number of nitrogens with one attached hydrogen (secondary N) is 1. The lowest BCUT2D eigenvalue weighted by Gasteiger charge is -2.30. The number of para-hydroxylation sites is 1. The SMILES string of the molecule is CCN(CC)C(CNC(=O)Cc1noc2ccccc12)c1cccc(OC)c1. The molecule has 0 radical (unpaired) electrons. The molecule has 0 aliphatic heterocycles. The molecule has 0 saturated carbocycles. The standard InChI is InChI=1S/C22H27N3O3/c1-4-25(5-2)20(16-9-8-10-17(13-16)27-3)15-23-22(26)14-19-18-11-6-7-12-21(18)28-24-19/h6-13,20H,4-5,14-15H2,1-3H3,(H,23,26). The molecule has 1 atom stereocenters. The number of rotatable bonds is 9. The van der Waals surface area contributed by atoms with Crippen LogP contribution < -0.4 is 10.1 Å². The number of benzene rings is 2. The molecule has 6 nitrogen and oxygen atoms in total. The Bertz CT molecular complexity index is 918. The summed E-state index contributed by atoms with van der Waals surface area (Å²) in [6.07, 6.45) is 0.195. The van der Waals surface area contributed by atoms with E-state index in [-0.39, 0.29) is 18.4 Å². The zero-order chi connectivity index (χ0) is 19.9. The Morgan fingerprint density at radius 2 is 1.96 bits per heavy atom. The number of carbonyl (C=O) groups excluding carboxylic acids is 1. The Morgan fingerprint density at radius 1 is 1.18 bits per heavy atom. The van der Waals surface area contributed by atoms with Crippen molar-refractivity contribution in [3.8, 4) is 5.75 Å². The summed E-state index contributed by atoms with van der Waals surface area (Å²) < 4.78 is 10.7. The minimum Gasteiger partial charge on any atom is -0.497 e. The van der Waals surface area contributed by atoms with E-state index < -0.39 is 0 Å². The minimum atomic E-state index is -0.0703. The monoisotopic (exact) mass is 381 g/mol. The molecule has 1 unspecified atom stereocenters. The average molecular weight is 381 g/mol. The van der Waals surface area contributed by atoms with E-state index in [0.717, 1.165) is 29.8 Å². The normalized spacial score (nSPS) is 12.3. The van der Waals surface area contributed by atoms with Crippen molar-refractivity contribution in [2.24, 2.45) is 0 Å². The molecule has 0 spiro atoms. The quantitative estimate of drug-likeness (QED) is 0.614. The number of methoxy groups -OCH3 is 1. The first-order chi connectivity index (χ1) is 13.7. The van der Waals surface area contributed by atoms with Crippen molar-refractivity contribution >= 4 is 16.9 Å². The van der Waals surface area contributed by atoms with Crippen molar-refractivity contribution in [2.45, 2.75) is 26.3 Å². The van der Waals surface area contributed by atoms with Crippen LogP contribution in [-0.2, 0) is 11.2 Å². The van der Waals surface area contributed by atoms with Gasteiger partial charge < -0.3 is 14.6 Å². The van der Waals surface area contributed by atoms with Crippen LogP contribution in [0.1, 0.15) is 31.1 Å². The van der Waals surface area contributed by atoms with Gasteiger partial charge >= 0.3 is 0 Å². The van der Waals surface area contributed by atoms with E-state index in [1.165, 1.54) is 0 Å². The van der Waals surface area contributed by atoms with Crippen molar-refractivity contribution in [2.75, 3.05) is 26.7 Å². The molecule has 148 valence electrons. The Kier molecular flexibility index (Phi) is 6.66. The second-order valence-corrected chi connectivity index (χ2v) is 6.62. The summed E-state index contributed by atoms with van der Waals surface area (Å²) in [5.41, 5.74) is 2.48. The summed E-state index contributed by atoms with van der Waals surface area (Å²) >= 11 is 0. The lowest BCUT2D eigenvalue weighted by molar-refractivity contribution is -0.120. The van der Waals surface area contributed by atoms with Crippen LogP contribution in [0.3, 0.4) is 0 Å². The first-order valence-corrected chi connectivity index (χ1v) is 9.64. The predicted octanol–water partition coefficient (Wildman–Crippen LogP) is 3.58. The summed E-state index contributed by atoms with van der Waals surface area (Å²) in [5.74, 6) is 0.745. The highest BCUT2D eigenvalue weighted by Gasteiger charge is 2.20. The molecule has 3 rings (SSSR count). The number of amides is 1. The maximum atomic E-state index is 12.6. The Labute approximate surface area is 165 Å². The third kappa shape index (κ3) is 4.51. The predicted molar refractivity (Wildman–Crippen MR) is 109 cm³/mol. The Morgan fingerprint density at radius 3 is 2.71 bits per heavy atom. The van der Waals surface area contributed by atoms with Crippen LogP contribution in [0.15, 0.2) is 53.1 Å². The second-order valence-electron chi connectivity index (χ2n) is 6.62. The first kappa shape index (κ1) is 19.9. The van der Waals surface area contributed by atoms with Crippen molar-refractivity contribution < 1.29 is 14.1 Å². The van der Waals surface area contributed by atoms with Gasteiger partial charge in [-0.15, -0.1) is 0 Å². The van der Waals surface area contributed by atoms with E-state index in [9.17, 15) is 4.79 Å². The lowest BCUT2D eigenvalue weighted by atomic mass is 10.0. The lowest BCUT2D eigenvalue weighted by Crippen LogP contribution is -2.38. The van der Waals surface area contributed by atoms with Crippen LogP contribution in [0, 0.1) is 0 Å². The largest absolute Gasteiger partial charge is 0.497 e. The summed E-state index contributed by atoms with van der Waals surface area (Å²) in [7, 11) is 1.66. The molecule has 0 saturated heterocycles. The number of nitrogens with zero attached hydrogens (tertiary/aromatic N) is 2. The van der Waals surface area contributed by atoms with Crippen molar-refractivity contribution in [1.29, 1.82) is 0 Å². The second kappa shape index (κ2) is 9.37. The number of likely N-dealkylation sites (N-methyl/N-ethyl adjacent to an activating group) is 1. The number of aromatic nitrogens is 1. The maximum absolute atomic E-state index is 12.6. The first-order valence-electron chi connectivity index (χ1n) is 9.64. The highest BCUT2D eigenvalue weighted by atomic mass is 16.5. The summed E-state index contributed by atoms with van der Waals surface area (Å²) in [4.78, 5) is 14.9. The molecule has 0 bridgehead atoms. The van der Waals surface area contributed by atoms with Gasteiger partial charge in [-0.2, -0.15) is 0 Å². The van der Waals surface area contributed by atoms with Gasteiger partial charge in [0.05, 0.1) is 19.6 Å². The fourth-order valence-corrected chi connectivity index (χ4v) is 3.46. The van der Waals surface area contributed by atoms with Gasteiger partial charge in [0.1, 0.15) is 11.4 Å². The fourth-order valence-electron chi connectivity index (χ4n) is 3.46. The van der Waals surface area contributed by atoms with E-state index in [4.69, 9.17) is 9.26 Å². The molecular weight excluding hydrogens is 354 g/mol. The average Bonchev–Trinajstić information content (AvgIpc) is 3.14. The van der Waals surface area contributed by atoms with E-state index in [1.807, 2.05) is 42.5 Å². The summed E-state index contributed by atoms with van der Waals surface area (Å²) in [6.45, 7) is 6.55. The topological polar surface area (TPSA) is 67.6 Å². The van der Waals surface area contributed by atoms with Gasteiger partial charge in [0.2, 0.25) is 5.91 Å². The van der Waals surface area contributed by atoms with Crippen molar-refractivity contribution in [3.05, 3.63) is 59.8 Å². The van der Waals surface area contributed by atoms with Crippen molar-refractivity contribution in [3.63, 3.8) is 0 Å². The summed E-state index contributed by atoms with van der Waals surface area (Å²) in [6, 6.07) is 15.7. The number of ether oxygens (including phenoxy) is 1. The molecule has 1 heterocycles. The minimum absolute atomic E-state index is 0.0703. The van der Waals surface area contributed by atoms with Gasteiger partial charge in [-0.3, -0.25) is 9.69 Å². The Balaban J connectivity index is 1.71. The van der Waals surface area contributed by atoms with Gasteiger partial charge in [-0.05, 0) is 42.9 Å². The highest BCUT2D eigenvalue weighted by molar-refractivity contribution is 5.86. The van der Waals surface area contributed by atoms with E-state index >= 15 is 0 Å². The van der Waals surface area contributed by atoms with Crippen LogP contribution in [-0.4, -0.2) is 42.7 Å². The number of carbonyl (C=O) groups is 1. The van der Waals surface area contributed by atoms with Crippen molar-refractivity contribution in [1.82, 2.24) is 15.4 Å². The smallest absolute Gasteiger partial charge is 0.226 e. The molecular formula is C22H27N3O3. The molecule has 1 amide bonds. The molecule has 1 N–H and O–H groups in total. The number of hydrogen-bond acceptors (Lipinski definition) is 5. The zero-order valence-electron chi connectivity index (χ0n) is 16.6. The maximum Gasteiger partial charge on any atom is 0.226 e. The van der Waals surface area contributed by atoms with E-state index in [2.05, 4.69) is 35.3 Å². The molecule has 0 fully saturated rings. The van der Waals surface area contributed by atoms with Crippen LogP contribution in [0.5, 0.6) is 5.75 Å². The molecule has 6 heteroatoms. The van der Waals surface area contributed by atoms with Crippen LogP contribution in [0.25, 0.3) is 11.0 Å². The molecule has 28 heavy (non-hydrogen) atoms. The van der Waals surface area contributed by atoms with Crippen LogP contribution in [0.2, 0.25) is 0 Å². The molecule has 0 aliphatic carbocycles. The molecule has 1 aromatic heterocycles.